The molecule has 0 spiro atoms. The largest absolute Gasteiger partial charge is 0.434 e. The lowest BCUT2D eigenvalue weighted by Gasteiger charge is -2.38. The van der Waals surface area contributed by atoms with Crippen LogP contribution in [-0.2, 0) is 22.3 Å². The molecule has 2 aliphatic rings. The van der Waals surface area contributed by atoms with Gasteiger partial charge in [0.25, 0.3) is 6.10 Å². The van der Waals surface area contributed by atoms with Gasteiger partial charge in [-0.2, -0.15) is 39.5 Å². The number of ether oxygens (including phenoxy) is 1. The SMILES string of the molecule is CN(C)C(=O)C1CCN(c2cc(C(F)(F)F)ccc2CN2CCN(C(=O)OC(C(F)(F)F)C(F)(F)F)CC2)CC1. The van der Waals surface area contributed by atoms with Crippen molar-refractivity contribution >= 4 is 17.7 Å². The maximum absolute atomic E-state index is 13.5. The van der Waals surface area contributed by atoms with Crippen LogP contribution in [0.15, 0.2) is 18.2 Å². The van der Waals surface area contributed by atoms with Crippen LogP contribution in [0.3, 0.4) is 0 Å². The van der Waals surface area contributed by atoms with Crippen LogP contribution in [-0.4, -0.2) is 98.5 Å². The second-order valence-electron chi connectivity index (χ2n) is 9.95. The topological polar surface area (TPSA) is 56.3 Å². The lowest BCUT2D eigenvalue weighted by atomic mass is 9.94. The van der Waals surface area contributed by atoms with E-state index in [9.17, 15) is 49.1 Å². The fourth-order valence-corrected chi connectivity index (χ4v) is 4.72. The maximum atomic E-state index is 13.5. The number of alkyl halides is 9. The minimum Gasteiger partial charge on any atom is -0.426 e. The van der Waals surface area contributed by atoms with Crippen LogP contribution in [0.25, 0.3) is 0 Å². The first kappa shape index (κ1) is 31.6. The summed E-state index contributed by atoms with van der Waals surface area (Å²) in [7, 11) is 3.26. The van der Waals surface area contributed by atoms with E-state index in [1.165, 1.54) is 11.0 Å². The molecule has 2 heterocycles. The van der Waals surface area contributed by atoms with Crippen molar-refractivity contribution < 1.29 is 53.8 Å². The summed E-state index contributed by atoms with van der Waals surface area (Å²) < 4.78 is 120. The fourth-order valence-electron chi connectivity index (χ4n) is 4.72. The van der Waals surface area contributed by atoms with Gasteiger partial charge in [0, 0.05) is 71.5 Å². The van der Waals surface area contributed by atoms with E-state index < -0.39 is 36.3 Å². The van der Waals surface area contributed by atoms with Gasteiger partial charge >= 0.3 is 24.6 Å². The molecule has 0 atom stereocenters. The quantitative estimate of drug-likeness (QED) is 0.462. The maximum Gasteiger partial charge on any atom is 0.434 e. The average molecular weight is 593 g/mol. The van der Waals surface area contributed by atoms with Gasteiger partial charge in [0.05, 0.1) is 5.56 Å². The van der Waals surface area contributed by atoms with Gasteiger partial charge in [0.15, 0.2) is 0 Å². The summed E-state index contributed by atoms with van der Waals surface area (Å²) in [5.74, 6) is -0.306. The lowest BCUT2D eigenvalue weighted by molar-refractivity contribution is -0.308. The third-order valence-electron chi connectivity index (χ3n) is 6.88. The molecule has 40 heavy (non-hydrogen) atoms. The van der Waals surface area contributed by atoms with E-state index in [1.54, 1.807) is 23.9 Å². The zero-order valence-corrected chi connectivity index (χ0v) is 21.7. The Bertz CT molecular complexity index is 1030. The van der Waals surface area contributed by atoms with Gasteiger partial charge in [0.2, 0.25) is 5.91 Å². The molecule has 226 valence electrons. The summed E-state index contributed by atoms with van der Waals surface area (Å²) in [5.41, 5.74) is -0.00424. The van der Waals surface area contributed by atoms with Crippen molar-refractivity contribution in [2.75, 3.05) is 58.3 Å². The molecule has 0 bridgehead atoms. The lowest BCUT2D eigenvalue weighted by Crippen LogP contribution is -2.52. The predicted octanol–water partition coefficient (Wildman–Crippen LogP) is 4.76. The highest BCUT2D eigenvalue weighted by molar-refractivity contribution is 5.78. The predicted molar refractivity (Wildman–Crippen MR) is 124 cm³/mol. The molecule has 16 heteroatoms. The monoisotopic (exact) mass is 592 g/mol. The summed E-state index contributed by atoms with van der Waals surface area (Å²) >= 11 is 0. The van der Waals surface area contributed by atoms with Gasteiger partial charge in [-0.05, 0) is 30.5 Å². The van der Waals surface area contributed by atoms with E-state index in [4.69, 9.17) is 0 Å². The summed E-state index contributed by atoms with van der Waals surface area (Å²) in [4.78, 5) is 30.0. The number of carbonyl (C=O) groups excluding carboxylic acids is 2. The Labute approximate surface area is 224 Å². The van der Waals surface area contributed by atoms with Crippen molar-refractivity contribution in [2.24, 2.45) is 5.92 Å². The smallest absolute Gasteiger partial charge is 0.426 e. The number of carbonyl (C=O) groups is 2. The normalized spacial score (nSPS) is 18.3. The molecule has 2 fully saturated rings. The van der Waals surface area contributed by atoms with Crippen LogP contribution in [0.5, 0.6) is 0 Å². The van der Waals surface area contributed by atoms with Gasteiger partial charge in [0.1, 0.15) is 0 Å². The highest BCUT2D eigenvalue weighted by Crippen LogP contribution is 2.37. The number of nitrogens with zero attached hydrogens (tertiary/aromatic N) is 4. The highest BCUT2D eigenvalue weighted by Gasteiger charge is 2.60. The molecule has 0 unspecified atom stereocenters. The van der Waals surface area contributed by atoms with Crippen molar-refractivity contribution in [3.63, 3.8) is 0 Å². The Morgan fingerprint density at radius 3 is 1.93 bits per heavy atom. The zero-order chi connectivity index (χ0) is 30.0. The summed E-state index contributed by atoms with van der Waals surface area (Å²) in [6, 6.07) is 3.29. The van der Waals surface area contributed by atoms with Crippen LogP contribution < -0.4 is 4.90 Å². The number of rotatable bonds is 5. The number of hydrogen-bond acceptors (Lipinski definition) is 5. The second kappa shape index (κ2) is 11.9. The van der Waals surface area contributed by atoms with E-state index in [0.717, 1.165) is 17.0 Å². The Hall–Kier alpha value is -2.91. The van der Waals surface area contributed by atoms with Crippen LogP contribution in [0.2, 0.25) is 0 Å². The molecule has 1 aromatic rings. The van der Waals surface area contributed by atoms with Gasteiger partial charge in [-0.25, -0.2) is 4.79 Å². The zero-order valence-electron chi connectivity index (χ0n) is 21.7. The first-order valence-corrected chi connectivity index (χ1v) is 12.4. The van der Waals surface area contributed by atoms with Crippen molar-refractivity contribution in [3.05, 3.63) is 29.3 Å². The van der Waals surface area contributed by atoms with Crippen molar-refractivity contribution in [2.45, 2.75) is 44.0 Å². The molecule has 3 rings (SSSR count). The highest BCUT2D eigenvalue weighted by atomic mass is 19.4. The third-order valence-corrected chi connectivity index (χ3v) is 6.88. The van der Waals surface area contributed by atoms with E-state index in [2.05, 4.69) is 4.74 Å². The van der Waals surface area contributed by atoms with E-state index in [1.807, 2.05) is 0 Å². The average Bonchev–Trinajstić information content (AvgIpc) is 2.85. The molecular weight excluding hydrogens is 563 g/mol. The number of amides is 2. The number of hydrogen-bond donors (Lipinski definition) is 0. The molecule has 1 aromatic carbocycles. The number of piperazine rings is 1. The summed E-state index contributed by atoms with van der Waals surface area (Å²) in [6.07, 6.45) is -21.4. The van der Waals surface area contributed by atoms with Crippen LogP contribution in [0, 0.1) is 5.92 Å². The number of anilines is 1. The van der Waals surface area contributed by atoms with Crippen LogP contribution >= 0.6 is 0 Å². The van der Waals surface area contributed by atoms with Crippen LogP contribution in [0.4, 0.5) is 50.0 Å². The summed E-state index contributed by atoms with van der Waals surface area (Å²) in [6.45, 7) is 0.413. The van der Waals surface area contributed by atoms with Gasteiger partial charge in [-0.3, -0.25) is 9.69 Å². The van der Waals surface area contributed by atoms with Crippen LogP contribution in [0.1, 0.15) is 24.0 Å². The minimum atomic E-state index is -5.83. The number of piperidine rings is 1. The molecule has 2 aliphatic heterocycles. The molecule has 2 amide bonds. The number of halogens is 9. The van der Waals surface area contributed by atoms with E-state index in [0.29, 0.717) is 37.2 Å². The van der Waals surface area contributed by atoms with Gasteiger partial charge < -0.3 is 19.4 Å². The summed E-state index contributed by atoms with van der Waals surface area (Å²) in [5, 5.41) is 0. The van der Waals surface area contributed by atoms with Gasteiger partial charge in [-0.1, -0.05) is 6.07 Å². The molecule has 0 aliphatic carbocycles. The van der Waals surface area contributed by atoms with Crippen molar-refractivity contribution in [1.29, 1.82) is 0 Å². The number of benzene rings is 1. The Balaban J connectivity index is 1.68. The Morgan fingerprint density at radius 1 is 0.900 bits per heavy atom. The standard InChI is InChI=1S/C24H29F9N4O3/c1-34(2)19(38)15-5-7-36(8-6-15)18-13-17(22(25,26)27)4-3-16(18)14-35-9-11-37(12-10-35)21(39)40-20(23(28,29)30)24(31,32)33/h3-4,13,15,20H,5-12,14H2,1-2H3. The third kappa shape index (κ3) is 7.85. The molecule has 0 N–H and O–H groups in total. The van der Waals surface area contributed by atoms with E-state index in [-0.39, 0.29) is 44.5 Å². The van der Waals surface area contributed by atoms with Gasteiger partial charge in [-0.15, -0.1) is 0 Å². The first-order valence-electron chi connectivity index (χ1n) is 12.4. The molecular formula is C24H29F9N4O3. The second-order valence-corrected chi connectivity index (χ2v) is 9.95. The molecule has 7 nitrogen and oxygen atoms in total. The van der Waals surface area contributed by atoms with Crippen molar-refractivity contribution in [3.8, 4) is 0 Å². The molecule has 2 saturated heterocycles. The molecule has 0 radical (unpaired) electrons. The van der Waals surface area contributed by atoms with E-state index >= 15 is 0 Å². The Kier molecular flexibility index (Phi) is 9.41. The first-order chi connectivity index (χ1) is 18.4. The minimum absolute atomic E-state index is 0.0394. The molecule has 0 aromatic heterocycles. The fraction of sp³-hybridized carbons (Fsp3) is 0.667. The van der Waals surface area contributed by atoms with Crippen molar-refractivity contribution in [1.82, 2.24) is 14.7 Å². The molecule has 0 saturated carbocycles. The Morgan fingerprint density at radius 2 is 1.45 bits per heavy atom.